The fourth-order valence-corrected chi connectivity index (χ4v) is 6.36. The molecule has 2 rings (SSSR count). The number of rotatable bonds is 14. The number of carbonyl (C=O) groups is 1. The Labute approximate surface area is 193 Å². The van der Waals surface area contributed by atoms with Crippen molar-refractivity contribution in [1.82, 2.24) is 9.97 Å². The molecule has 1 N–H and O–H groups in total. The quantitative estimate of drug-likeness (QED) is 0.236. The topological polar surface area (TPSA) is 81.5 Å². The molecule has 176 valence electrons. The number of hydrogen-bond donors (Lipinski definition) is 1. The fourth-order valence-electron chi connectivity index (χ4n) is 3.59. The van der Waals surface area contributed by atoms with Gasteiger partial charge in [0.05, 0.1) is 18.8 Å². The molecule has 0 bridgehead atoms. The number of benzene rings is 1. The number of aliphatic hydroxyl groups is 1. The predicted molar refractivity (Wildman–Crippen MR) is 131 cm³/mol. The Morgan fingerprint density at radius 1 is 1.06 bits per heavy atom. The SMILES string of the molecule is CCCC[Si](C)(C)CCCCOc1ccccc1-c1ncc(C[C@@H](O)C(=O)OCC)cn1. The Morgan fingerprint density at radius 3 is 2.44 bits per heavy atom. The van der Waals surface area contributed by atoms with Crippen LogP contribution in [-0.2, 0) is 16.0 Å². The van der Waals surface area contributed by atoms with Crippen molar-refractivity contribution in [2.75, 3.05) is 13.2 Å². The first-order chi connectivity index (χ1) is 15.4. The summed E-state index contributed by atoms with van der Waals surface area (Å²) >= 11 is 0. The normalized spacial score (nSPS) is 12.4. The van der Waals surface area contributed by atoms with Gasteiger partial charge >= 0.3 is 5.97 Å². The van der Waals surface area contributed by atoms with E-state index in [4.69, 9.17) is 9.47 Å². The third kappa shape index (κ3) is 8.71. The second kappa shape index (κ2) is 13.3. The summed E-state index contributed by atoms with van der Waals surface area (Å²) in [5, 5.41) is 9.92. The minimum Gasteiger partial charge on any atom is -0.493 e. The van der Waals surface area contributed by atoms with Gasteiger partial charge in [0.25, 0.3) is 0 Å². The van der Waals surface area contributed by atoms with E-state index in [1.165, 1.54) is 31.4 Å². The van der Waals surface area contributed by atoms with Gasteiger partial charge in [0.2, 0.25) is 0 Å². The van der Waals surface area contributed by atoms with Crippen LogP contribution in [-0.4, -0.2) is 48.4 Å². The van der Waals surface area contributed by atoms with Gasteiger partial charge in [-0.15, -0.1) is 0 Å². The largest absolute Gasteiger partial charge is 0.493 e. The van der Waals surface area contributed by atoms with Crippen molar-refractivity contribution >= 4 is 14.0 Å². The van der Waals surface area contributed by atoms with Crippen molar-refractivity contribution in [2.24, 2.45) is 0 Å². The zero-order valence-corrected chi connectivity index (χ0v) is 21.0. The highest BCUT2D eigenvalue weighted by atomic mass is 28.3. The van der Waals surface area contributed by atoms with Crippen LogP contribution in [0.2, 0.25) is 25.2 Å². The van der Waals surface area contributed by atoms with E-state index in [1.807, 2.05) is 24.3 Å². The first kappa shape index (κ1) is 26.0. The van der Waals surface area contributed by atoms with E-state index in [9.17, 15) is 9.90 Å². The van der Waals surface area contributed by atoms with Crippen LogP contribution in [0.5, 0.6) is 5.75 Å². The van der Waals surface area contributed by atoms with Gasteiger partial charge in [-0.25, -0.2) is 14.8 Å². The van der Waals surface area contributed by atoms with Crippen LogP contribution in [0.1, 0.15) is 45.1 Å². The van der Waals surface area contributed by atoms with Gasteiger partial charge in [0.1, 0.15) is 5.75 Å². The smallest absolute Gasteiger partial charge is 0.335 e. The van der Waals surface area contributed by atoms with Crippen LogP contribution in [0, 0.1) is 0 Å². The first-order valence-electron chi connectivity index (χ1n) is 11.7. The highest BCUT2D eigenvalue weighted by molar-refractivity contribution is 6.77. The standard InChI is InChI=1S/C25H38N2O4Si/c1-5-7-15-32(3,4)16-11-10-14-31-23-13-9-8-12-21(23)24-26-18-20(19-27-24)17-22(28)25(29)30-6-2/h8-9,12-13,18-19,22,28H,5-7,10-11,14-17H2,1-4H3/t22-/m1/s1. The van der Waals surface area contributed by atoms with E-state index in [0.29, 0.717) is 18.0 Å². The van der Waals surface area contributed by atoms with E-state index >= 15 is 0 Å². The van der Waals surface area contributed by atoms with Crippen molar-refractivity contribution in [2.45, 2.75) is 77.2 Å². The molecular formula is C25H38N2O4Si. The zero-order chi connectivity index (χ0) is 23.4. The van der Waals surface area contributed by atoms with Crippen molar-refractivity contribution in [1.29, 1.82) is 0 Å². The van der Waals surface area contributed by atoms with E-state index in [2.05, 4.69) is 30.0 Å². The monoisotopic (exact) mass is 458 g/mol. The van der Waals surface area contributed by atoms with Gasteiger partial charge in [-0.2, -0.15) is 0 Å². The maximum absolute atomic E-state index is 11.6. The molecule has 0 aliphatic heterocycles. The van der Waals surface area contributed by atoms with Crippen LogP contribution < -0.4 is 4.74 Å². The molecule has 1 aromatic carbocycles. The van der Waals surface area contributed by atoms with Crippen LogP contribution in [0.3, 0.4) is 0 Å². The number of ether oxygens (including phenoxy) is 2. The minimum absolute atomic E-state index is 0.120. The van der Waals surface area contributed by atoms with E-state index < -0.39 is 20.1 Å². The van der Waals surface area contributed by atoms with Gasteiger partial charge in [0.15, 0.2) is 11.9 Å². The zero-order valence-electron chi connectivity index (χ0n) is 20.0. The average Bonchev–Trinajstić information content (AvgIpc) is 2.78. The Hall–Kier alpha value is -2.25. The minimum atomic E-state index is -1.21. The van der Waals surface area contributed by atoms with Gasteiger partial charge in [0, 0.05) is 26.9 Å². The Morgan fingerprint density at radius 2 is 1.75 bits per heavy atom. The number of aliphatic hydroxyl groups excluding tert-OH is 1. The predicted octanol–water partition coefficient (Wildman–Crippen LogP) is 5.28. The lowest BCUT2D eigenvalue weighted by Gasteiger charge is -2.22. The molecule has 0 aliphatic carbocycles. The molecule has 0 unspecified atom stereocenters. The van der Waals surface area contributed by atoms with E-state index in [1.54, 1.807) is 19.3 Å². The maximum atomic E-state index is 11.6. The molecule has 7 heteroatoms. The summed E-state index contributed by atoms with van der Waals surface area (Å²) in [5.74, 6) is 0.698. The molecule has 2 aromatic rings. The Bertz CT molecular complexity index is 827. The number of carbonyl (C=O) groups excluding carboxylic acids is 1. The van der Waals surface area contributed by atoms with E-state index in [0.717, 1.165) is 17.7 Å². The maximum Gasteiger partial charge on any atom is 0.335 e. The summed E-state index contributed by atoms with van der Waals surface area (Å²) in [6, 6.07) is 10.5. The molecule has 0 amide bonds. The number of unbranched alkanes of at least 4 members (excludes halogenated alkanes) is 2. The summed E-state index contributed by atoms with van der Waals surface area (Å²) < 4.78 is 10.9. The fraction of sp³-hybridized carbons (Fsp3) is 0.560. The lowest BCUT2D eigenvalue weighted by molar-refractivity contribution is -0.152. The molecule has 1 aromatic heterocycles. The summed E-state index contributed by atoms with van der Waals surface area (Å²) in [4.78, 5) is 20.5. The Balaban J connectivity index is 1.90. The van der Waals surface area contributed by atoms with Crippen LogP contribution in [0.25, 0.3) is 11.4 Å². The molecule has 0 saturated carbocycles. The van der Waals surface area contributed by atoms with Gasteiger partial charge in [-0.05, 0) is 31.0 Å². The summed E-state index contributed by atoms with van der Waals surface area (Å²) in [6.07, 6.45) is 7.05. The summed E-state index contributed by atoms with van der Waals surface area (Å²) in [6.45, 7) is 9.87. The molecule has 0 fully saturated rings. The summed E-state index contributed by atoms with van der Waals surface area (Å²) in [7, 11) is -1.07. The third-order valence-corrected chi connectivity index (χ3v) is 8.95. The van der Waals surface area contributed by atoms with Gasteiger partial charge < -0.3 is 14.6 Å². The van der Waals surface area contributed by atoms with Crippen LogP contribution >= 0.6 is 0 Å². The number of hydrogen-bond acceptors (Lipinski definition) is 6. The second-order valence-electron chi connectivity index (χ2n) is 8.96. The van der Waals surface area contributed by atoms with Crippen molar-refractivity contribution in [3.63, 3.8) is 0 Å². The molecule has 32 heavy (non-hydrogen) atoms. The third-order valence-electron chi connectivity index (χ3n) is 5.53. The highest BCUT2D eigenvalue weighted by Gasteiger charge is 2.19. The molecule has 0 spiro atoms. The number of aromatic nitrogens is 2. The van der Waals surface area contributed by atoms with Crippen molar-refractivity contribution in [3.05, 3.63) is 42.2 Å². The Kier molecular flexibility index (Phi) is 10.8. The number of nitrogens with zero attached hydrogens (tertiary/aromatic N) is 2. The molecule has 1 heterocycles. The lowest BCUT2D eigenvalue weighted by atomic mass is 10.1. The molecule has 6 nitrogen and oxygen atoms in total. The van der Waals surface area contributed by atoms with Crippen molar-refractivity contribution in [3.8, 4) is 17.1 Å². The highest BCUT2D eigenvalue weighted by Crippen LogP contribution is 2.28. The van der Waals surface area contributed by atoms with Crippen LogP contribution in [0.15, 0.2) is 36.7 Å². The molecule has 0 radical (unpaired) electrons. The average molecular weight is 459 g/mol. The second-order valence-corrected chi connectivity index (χ2v) is 14.3. The molecule has 1 atom stereocenters. The van der Waals surface area contributed by atoms with Crippen LogP contribution in [0.4, 0.5) is 0 Å². The molecular weight excluding hydrogens is 420 g/mol. The van der Waals surface area contributed by atoms with Crippen molar-refractivity contribution < 1.29 is 19.4 Å². The van der Waals surface area contributed by atoms with Gasteiger partial charge in [-0.1, -0.05) is 63.5 Å². The summed E-state index contributed by atoms with van der Waals surface area (Å²) in [5.41, 5.74) is 1.50. The molecule has 0 saturated heterocycles. The number of para-hydroxylation sites is 1. The number of esters is 1. The van der Waals surface area contributed by atoms with E-state index in [-0.39, 0.29) is 13.0 Å². The first-order valence-corrected chi connectivity index (χ1v) is 15.2. The molecule has 0 aliphatic rings. The van der Waals surface area contributed by atoms with Gasteiger partial charge in [-0.3, -0.25) is 0 Å². The lowest BCUT2D eigenvalue weighted by Crippen LogP contribution is -2.25.